The Balaban J connectivity index is 2.34. The summed E-state index contributed by atoms with van der Waals surface area (Å²) in [6.07, 6.45) is 0.972. The van der Waals surface area contributed by atoms with E-state index in [1.54, 1.807) is 23.5 Å². The Morgan fingerprint density at radius 3 is 2.76 bits per heavy atom. The summed E-state index contributed by atoms with van der Waals surface area (Å²) in [4.78, 5) is 6.06. The summed E-state index contributed by atoms with van der Waals surface area (Å²) in [5.74, 6) is 0.325. The molecule has 1 heterocycles. The Morgan fingerprint density at radius 1 is 1.38 bits per heavy atom. The zero-order chi connectivity index (χ0) is 15.4. The van der Waals surface area contributed by atoms with Crippen molar-refractivity contribution in [3.05, 3.63) is 39.1 Å². The predicted octanol–water partition coefficient (Wildman–Crippen LogP) is 5.02. The molecule has 2 aromatic rings. The zero-order valence-corrected chi connectivity index (χ0v) is 14.9. The molecular formula is C16H20BrFN2S. The van der Waals surface area contributed by atoms with Crippen LogP contribution in [0.5, 0.6) is 0 Å². The molecule has 0 unspecified atom stereocenters. The minimum atomic E-state index is -0.245. The molecule has 0 radical (unpaired) electrons. The van der Waals surface area contributed by atoms with Gasteiger partial charge in [0.25, 0.3) is 0 Å². The topological polar surface area (TPSA) is 24.9 Å². The van der Waals surface area contributed by atoms with Crippen molar-refractivity contribution in [2.45, 2.75) is 33.7 Å². The van der Waals surface area contributed by atoms with E-state index in [9.17, 15) is 4.39 Å². The average molecular weight is 371 g/mol. The van der Waals surface area contributed by atoms with Gasteiger partial charge in [0.05, 0.1) is 10.2 Å². The van der Waals surface area contributed by atoms with Crippen LogP contribution in [0.1, 0.15) is 31.3 Å². The first-order chi connectivity index (χ1) is 10.0. The number of halogens is 2. The van der Waals surface area contributed by atoms with E-state index in [0.29, 0.717) is 10.4 Å². The summed E-state index contributed by atoms with van der Waals surface area (Å²) in [6, 6.07) is 5.06. The third-order valence-electron chi connectivity index (χ3n) is 3.08. The van der Waals surface area contributed by atoms with Gasteiger partial charge in [0.1, 0.15) is 10.8 Å². The highest BCUT2D eigenvalue weighted by Gasteiger charge is 2.14. The Labute approximate surface area is 137 Å². The van der Waals surface area contributed by atoms with Crippen LogP contribution in [-0.4, -0.2) is 11.5 Å². The number of nitrogens with zero attached hydrogens (tertiary/aromatic N) is 1. The largest absolute Gasteiger partial charge is 0.312 e. The summed E-state index contributed by atoms with van der Waals surface area (Å²) >= 11 is 4.93. The van der Waals surface area contributed by atoms with E-state index in [0.717, 1.165) is 35.8 Å². The summed E-state index contributed by atoms with van der Waals surface area (Å²) in [5, 5.41) is 4.32. The highest BCUT2D eigenvalue weighted by atomic mass is 79.9. The van der Waals surface area contributed by atoms with Gasteiger partial charge < -0.3 is 5.32 Å². The number of rotatable bonds is 6. The van der Waals surface area contributed by atoms with E-state index in [2.05, 4.69) is 42.0 Å². The molecule has 0 aliphatic rings. The molecule has 0 atom stereocenters. The van der Waals surface area contributed by atoms with E-state index in [4.69, 9.17) is 4.98 Å². The van der Waals surface area contributed by atoms with Gasteiger partial charge >= 0.3 is 0 Å². The Hall–Kier alpha value is -0.780. The van der Waals surface area contributed by atoms with Gasteiger partial charge in [0, 0.05) is 17.0 Å². The molecule has 114 valence electrons. The van der Waals surface area contributed by atoms with Crippen molar-refractivity contribution in [1.29, 1.82) is 0 Å². The van der Waals surface area contributed by atoms with Crippen LogP contribution < -0.4 is 5.32 Å². The summed E-state index contributed by atoms with van der Waals surface area (Å²) in [7, 11) is 0. The van der Waals surface area contributed by atoms with Crippen molar-refractivity contribution in [1.82, 2.24) is 10.3 Å². The minimum absolute atomic E-state index is 0.245. The molecule has 0 aliphatic heterocycles. The van der Waals surface area contributed by atoms with E-state index >= 15 is 0 Å². The maximum Gasteiger partial charge on any atom is 0.137 e. The van der Waals surface area contributed by atoms with E-state index < -0.39 is 0 Å². The monoisotopic (exact) mass is 370 g/mol. The van der Waals surface area contributed by atoms with Gasteiger partial charge in [-0.05, 0) is 53.0 Å². The lowest BCUT2D eigenvalue weighted by Gasteiger charge is -2.04. The molecular weight excluding hydrogens is 351 g/mol. The molecule has 1 aromatic heterocycles. The molecule has 0 saturated carbocycles. The highest BCUT2D eigenvalue weighted by molar-refractivity contribution is 9.10. The van der Waals surface area contributed by atoms with Gasteiger partial charge in [0.2, 0.25) is 0 Å². The first kappa shape index (κ1) is 16.6. The predicted molar refractivity (Wildman–Crippen MR) is 91.1 cm³/mol. The van der Waals surface area contributed by atoms with E-state index in [1.165, 1.54) is 10.9 Å². The third-order valence-corrected chi connectivity index (χ3v) is 4.84. The van der Waals surface area contributed by atoms with Gasteiger partial charge in [0.15, 0.2) is 0 Å². The van der Waals surface area contributed by atoms with Crippen LogP contribution in [0.15, 0.2) is 22.7 Å². The number of hydrogen-bond acceptors (Lipinski definition) is 3. The fourth-order valence-corrected chi connectivity index (χ4v) is 3.49. The first-order valence-electron chi connectivity index (χ1n) is 7.16. The van der Waals surface area contributed by atoms with E-state index in [1.807, 2.05) is 0 Å². The minimum Gasteiger partial charge on any atom is -0.312 e. The lowest BCUT2D eigenvalue weighted by Crippen LogP contribution is -2.12. The van der Waals surface area contributed by atoms with Crippen LogP contribution >= 0.6 is 27.3 Å². The van der Waals surface area contributed by atoms with Crippen LogP contribution in [-0.2, 0) is 13.0 Å². The van der Waals surface area contributed by atoms with Gasteiger partial charge in [-0.25, -0.2) is 9.37 Å². The van der Waals surface area contributed by atoms with Crippen LogP contribution in [0, 0.1) is 11.7 Å². The molecule has 5 heteroatoms. The van der Waals surface area contributed by atoms with Crippen molar-refractivity contribution in [3.8, 4) is 10.6 Å². The molecule has 0 fully saturated rings. The Kier molecular flexibility index (Phi) is 5.90. The molecule has 0 bridgehead atoms. The van der Waals surface area contributed by atoms with Crippen LogP contribution in [0.4, 0.5) is 4.39 Å². The van der Waals surface area contributed by atoms with Crippen LogP contribution in [0.25, 0.3) is 10.6 Å². The Morgan fingerprint density at radius 2 is 2.14 bits per heavy atom. The molecule has 0 amide bonds. The summed E-state index contributed by atoms with van der Waals surface area (Å²) in [5.41, 5.74) is 2.12. The van der Waals surface area contributed by atoms with Gasteiger partial charge in [-0.1, -0.05) is 20.8 Å². The molecule has 1 N–H and O–H groups in total. The first-order valence-corrected chi connectivity index (χ1v) is 8.77. The molecule has 2 nitrogen and oxygen atoms in total. The Bertz CT molecular complexity index is 610. The lowest BCUT2D eigenvalue weighted by atomic mass is 10.1. The molecule has 21 heavy (non-hydrogen) atoms. The summed E-state index contributed by atoms with van der Waals surface area (Å²) < 4.78 is 13.8. The van der Waals surface area contributed by atoms with Gasteiger partial charge in [-0.2, -0.15) is 0 Å². The fourth-order valence-electron chi connectivity index (χ4n) is 2.06. The van der Waals surface area contributed by atoms with Crippen molar-refractivity contribution in [2.24, 2.45) is 5.92 Å². The van der Waals surface area contributed by atoms with Crippen LogP contribution in [0.3, 0.4) is 0 Å². The van der Waals surface area contributed by atoms with Crippen molar-refractivity contribution in [3.63, 3.8) is 0 Å². The normalized spacial score (nSPS) is 11.3. The third kappa shape index (κ3) is 4.34. The molecule has 2 rings (SSSR count). The maximum atomic E-state index is 13.4. The molecule has 0 aliphatic carbocycles. The number of nitrogens with one attached hydrogen (secondary N) is 1. The molecule has 0 saturated heterocycles. The second-order valence-electron chi connectivity index (χ2n) is 5.40. The number of aromatic nitrogens is 1. The second kappa shape index (κ2) is 7.47. The van der Waals surface area contributed by atoms with Gasteiger partial charge in [-0.15, -0.1) is 11.3 Å². The zero-order valence-electron chi connectivity index (χ0n) is 12.5. The maximum absolute atomic E-state index is 13.4. The second-order valence-corrected chi connectivity index (χ2v) is 7.33. The fraction of sp³-hybridized carbons (Fsp3) is 0.438. The number of thiazole rings is 1. The summed E-state index contributed by atoms with van der Waals surface area (Å²) in [6.45, 7) is 8.28. The van der Waals surface area contributed by atoms with Crippen molar-refractivity contribution < 1.29 is 4.39 Å². The van der Waals surface area contributed by atoms with Crippen molar-refractivity contribution >= 4 is 27.3 Å². The molecule has 0 spiro atoms. The van der Waals surface area contributed by atoms with Crippen molar-refractivity contribution in [2.75, 3.05) is 6.54 Å². The van der Waals surface area contributed by atoms with E-state index in [-0.39, 0.29) is 5.82 Å². The quantitative estimate of drug-likeness (QED) is 0.771. The average Bonchev–Trinajstić information content (AvgIpc) is 2.82. The number of benzene rings is 1. The lowest BCUT2D eigenvalue weighted by molar-refractivity contribution is 0.621. The highest BCUT2D eigenvalue weighted by Crippen LogP contribution is 2.31. The number of hydrogen-bond donors (Lipinski definition) is 1. The smallest absolute Gasteiger partial charge is 0.137 e. The SMILES string of the molecule is CCNCc1sc(-c2ccc(F)c(Br)c2)nc1CC(C)C. The standard InChI is InChI=1S/C16H20BrFN2S/c1-4-19-9-15-14(7-10(2)3)20-16(21-15)11-5-6-13(18)12(17)8-11/h5-6,8,10,19H,4,7,9H2,1-3H3. The van der Waals surface area contributed by atoms with Gasteiger partial charge in [-0.3, -0.25) is 0 Å². The van der Waals surface area contributed by atoms with Crippen LogP contribution in [0.2, 0.25) is 0 Å². The molecule has 1 aromatic carbocycles.